The molecule has 0 amide bonds. The molecule has 80 valence electrons. The first-order valence-electron chi connectivity index (χ1n) is 5.59. The van der Waals surface area contributed by atoms with Gasteiger partial charge in [-0.1, -0.05) is 31.6 Å². The van der Waals surface area contributed by atoms with E-state index in [0.717, 1.165) is 32.1 Å². The Labute approximate surface area is 86.3 Å². The van der Waals surface area contributed by atoms with Crippen LogP contribution in [0.1, 0.15) is 51.9 Å². The summed E-state index contributed by atoms with van der Waals surface area (Å²) < 4.78 is 0. The molecule has 1 saturated carbocycles. The lowest BCUT2D eigenvalue weighted by Crippen LogP contribution is -2.29. The Balaban J connectivity index is 2.46. The van der Waals surface area contributed by atoms with Crippen molar-refractivity contribution in [3.63, 3.8) is 0 Å². The molecule has 0 radical (unpaired) electrons. The van der Waals surface area contributed by atoms with Gasteiger partial charge in [0.25, 0.3) is 0 Å². The Hall–Kier alpha value is -0.520. The van der Waals surface area contributed by atoms with Gasteiger partial charge in [-0.15, -0.1) is 0 Å². The molecule has 1 fully saturated rings. The van der Waals surface area contributed by atoms with Crippen LogP contribution >= 0.6 is 0 Å². The molecule has 1 aliphatic rings. The molecule has 1 rings (SSSR count). The maximum atomic E-state index is 10.0. The molecule has 0 bridgehead atoms. The largest absolute Gasteiger partial charge is 0.380 e. The van der Waals surface area contributed by atoms with Crippen LogP contribution < -0.4 is 0 Å². The fourth-order valence-electron chi connectivity index (χ4n) is 1.82. The van der Waals surface area contributed by atoms with Gasteiger partial charge in [-0.3, -0.25) is 0 Å². The van der Waals surface area contributed by atoms with Crippen molar-refractivity contribution in [2.24, 2.45) is 0 Å². The second kappa shape index (κ2) is 5.38. The highest BCUT2D eigenvalue weighted by atomic mass is 16.3. The van der Waals surface area contributed by atoms with Gasteiger partial charge in [0.15, 0.2) is 0 Å². The average molecular weight is 196 g/mol. The van der Waals surface area contributed by atoms with Crippen molar-refractivity contribution >= 4 is 0 Å². The molecule has 0 aromatic carbocycles. The lowest BCUT2D eigenvalue weighted by atomic mass is 9.85. The first-order chi connectivity index (χ1) is 6.66. The molecule has 1 aliphatic carbocycles. The Kier molecular flexibility index (Phi) is 4.44. The Bertz CT molecular complexity index is 218. The smallest absolute Gasteiger partial charge is 0.125 e. The van der Waals surface area contributed by atoms with E-state index in [1.807, 2.05) is 6.92 Å². The van der Waals surface area contributed by atoms with Gasteiger partial charge in [-0.2, -0.15) is 0 Å². The highest BCUT2D eigenvalue weighted by Gasteiger charge is 2.26. The highest BCUT2D eigenvalue weighted by molar-refractivity contribution is 5.16. The summed E-state index contributed by atoms with van der Waals surface area (Å²) in [5, 5.41) is 19.4. The summed E-state index contributed by atoms with van der Waals surface area (Å²) in [6.07, 6.45) is 5.88. The first kappa shape index (κ1) is 11.6. The van der Waals surface area contributed by atoms with Crippen molar-refractivity contribution in [2.45, 2.75) is 63.6 Å². The van der Waals surface area contributed by atoms with Crippen LogP contribution in [0.2, 0.25) is 0 Å². The first-order valence-corrected chi connectivity index (χ1v) is 5.59. The average Bonchev–Trinajstić information content (AvgIpc) is 2.17. The van der Waals surface area contributed by atoms with Crippen LogP contribution in [0.5, 0.6) is 0 Å². The van der Waals surface area contributed by atoms with E-state index in [9.17, 15) is 10.2 Å². The topological polar surface area (TPSA) is 40.5 Å². The molecule has 0 aromatic rings. The second-order valence-corrected chi connectivity index (χ2v) is 4.17. The minimum absolute atomic E-state index is 0.564. The van der Waals surface area contributed by atoms with Gasteiger partial charge in [0.1, 0.15) is 11.7 Å². The predicted octanol–water partition coefficient (Wildman–Crippen LogP) is 1.85. The summed E-state index contributed by atoms with van der Waals surface area (Å²) in [4.78, 5) is 0. The van der Waals surface area contributed by atoms with E-state index in [-0.39, 0.29) is 0 Å². The molecule has 2 nitrogen and oxygen atoms in total. The zero-order valence-electron chi connectivity index (χ0n) is 8.92. The van der Waals surface area contributed by atoms with E-state index in [1.165, 1.54) is 6.42 Å². The third-order valence-electron chi connectivity index (χ3n) is 2.71. The van der Waals surface area contributed by atoms with Gasteiger partial charge in [0, 0.05) is 0 Å². The molecule has 1 unspecified atom stereocenters. The molecule has 14 heavy (non-hydrogen) atoms. The van der Waals surface area contributed by atoms with E-state index in [2.05, 4.69) is 11.8 Å². The minimum atomic E-state index is -0.813. The van der Waals surface area contributed by atoms with Crippen LogP contribution in [0.3, 0.4) is 0 Å². The van der Waals surface area contributed by atoms with Gasteiger partial charge >= 0.3 is 0 Å². The van der Waals surface area contributed by atoms with E-state index in [1.54, 1.807) is 0 Å². The van der Waals surface area contributed by atoms with Crippen LogP contribution in [0.4, 0.5) is 0 Å². The van der Waals surface area contributed by atoms with Crippen molar-refractivity contribution in [1.82, 2.24) is 0 Å². The predicted molar refractivity (Wildman–Crippen MR) is 56.7 cm³/mol. The van der Waals surface area contributed by atoms with Crippen molar-refractivity contribution in [3.05, 3.63) is 0 Å². The lowest BCUT2D eigenvalue weighted by molar-refractivity contribution is 0.0604. The lowest BCUT2D eigenvalue weighted by Gasteiger charge is -2.26. The second-order valence-electron chi connectivity index (χ2n) is 4.17. The Morgan fingerprint density at radius 1 is 1.29 bits per heavy atom. The summed E-state index contributed by atoms with van der Waals surface area (Å²) in [6.45, 7) is 2.01. The van der Waals surface area contributed by atoms with Gasteiger partial charge in [0.05, 0.1) is 0 Å². The Morgan fingerprint density at radius 2 is 1.93 bits per heavy atom. The number of aliphatic hydroxyl groups is 2. The van der Waals surface area contributed by atoms with Gasteiger partial charge < -0.3 is 10.2 Å². The van der Waals surface area contributed by atoms with Crippen molar-refractivity contribution in [1.29, 1.82) is 0 Å². The fraction of sp³-hybridized carbons (Fsp3) is 0.833. The molecule has 0 saturated heterocycles. The number of aliphatic hydroxyl groups excluding tert-OH is 1. The van der Waals surface area contributed by atoms with Gasteiger partial charge in [-0.25, -0.2) is 0 Å². The maximum Gasteiger partial charge on any atom is 0.125 e. The number of hydrogen-bond acceptors (Lipinski definition) is 2. The molecular formula is C12H20O2. The van der Waals surface area contributed by atoms with Crippen LogP contribution in [0, 0.1) is 11.8 Å². The molecule has 0 aromatic heterocycles. The Morgan fingerprint density at radius 3 is 2.50 bits per heavy atom. The van der Waals surface area contributed by atoms with Gasteiger partial charge in [0.2, 0.25) is 0 Å². The zero-order chi connectivity index (χ0) is 10.4. The van der Waals surface area contributed by atoms with Crippen molar-refractivity contribution in [3.8, 4) is 11.8 Å². The molecule has 2 heteroatoms. The minimum Gasteiger partial charge on any atom is -0.380 e. The third kappa shape index (κ3) is 3.69. The molecule has 2 N–H and O–H groups in total. The molecular weight excluding hydrogens is 176 g/mol. The number of hydrogen-bond donors (Lipinski definition) is 2. The summed E-state index contributed by atoms with van der Waals surface area (Å²) >= 11 is 0. The standard InChI is InChI=1S/C12H20O2/c1-2-6-11(13)7-10-12(14)8-4-3-5-9-12/h11,13-14H,2-6,8-9H2,1H3. The van der Waals surface area contributed by atoms with Crippen LogP contribution in [0.25, 0.3) is 0 Å². The monoisotopic (exact) mass is 196 g/mol. The molecule has 0 aliphatic heterocycles. The van der Waals surface area contributed by atoms with Gasteiger partial charge in [-0.05, 0) is 32.1 Å². The van der Waals surface area contributed by atoms with Crippen molar-refractivity contribution < 1.29 is 10.2 Å². The summed E-state index contributed by atoms with van der Waals surface area (Å²) in [5.41, 5.74) is -0.813. The van der Waals surface area contributed by atoms with E-state index < -0.39 is 11.7 Å². The van der Waals surface area contributed by atoms with Crippen LogP contribution in [0.15, 0.2) is 0 Å². The van der Waals surface area contributed by atoms with Crippen LogP contribution in [-0.4, -0.2) is 21.9 Å². The maximum absolute atomic E-state index is 10.0. The zero-order valence-corrected chi connectivity index (χ0v) is 8.92. The summed E-state index contributed by atoms with van der Waals surface area (Å²) in [5.74, 6) is 5.59. The SMILES string of the molecule is CCCC(O)C#CC1(O)CCCCC1. The van der Waals surface area contributed by atoms with Crippen LogP contribution in [-0.2, 0) is 0 Å². The van der Waals surface area contributed by atoms with E-state index in [4.69, 9.17) is 0 Å². The molecule has 0 spiro atoms. The van der Waals surface area contributed by atoms with E-state index in [0.29, 0.717) is 6.42 Å². The van der Waals surface area contributed by atoms with Crippen molar-refractivity contribution in [2.75, 3.05) is 0 Å². The summed E-state index contributed by atoms with van der Waals surface area (Å²) in [7, 11) is 0. The number of rotatable bonds is 2. The quantitative estimate of drug-likeness (QED) is 0.662. The summed E-state index contributed by atoms with van der Waals surface area (Å²) in [6, 6.07) is 0. The fourth-order valence-corrected chi connectivity index (χ4v) is 1.82. The molecule has 0 heterocycles. The normalized spacial score (nSPS) is 22.2. The highest BCUT2D eigenvalue weighted by Crippen LogP contribution is 2.27. The molecule has 1 atom stereocenters. The third-order valence-corrected chi connectivity index (χ3v) is 2.71. The van der Waals surface area contributed by atoms with E-state index >= 15 is 0 Å².